The molecule has 1 fully saturated rings. The van der Waals surface area contributed by atoms with Gasteiger partial charge in [-0.05, 0) is 51.5 Å². The Morgan fingerprint density at radius 2 is 1.88 bits per heavy atom. The number of hydrogen-bond acceptors (Lipinski definition) is 8. The lowest BCUT2D eigenvalue weighted by molar-refractivity contribution is -0.132. The number of rotatable bonds is 4. The van der Waals surface area contributed by atoms with E-state index in [-0.39, 0.29) is 21.3 Å². The fourth-order valence-corrected chi connectivity index (χ4v) is 4.81. The minimum Gasteiger partial charge on any atom is -0.507 e. The Balaban J connectivity index is 1.95. The van der Waals surface area contributed by atoms with Crippen LogP contribution in [0.25, 0.3) is 5.76 Å². The van der Waals surface area contributed by atoms with Crippen LogP contribution in [-0.4, -0.2) is 34.9 Å². The molecule has 0 saturated carbocycles. The van der Waals surface area contributed by atoms with Gasteiger partial charge in [0.15, 0.2) is 5.13 Å². The van der Waals surface area contributed by atoms with Crippen molar-refractivity contribution in [3.63, 3.8) is 0 Å². The minimum absolute atomic E-state index is 0.101. The molecular formula is C24H22N2O6S. The van der Waals surface area contributed by atoms with Crippen molar-refractivity contribution in [1.82, 2.24) is 4.98 Å². The van der Waals surface area contributed by atoms with Crippen LogP contribution in [0, 0.1) is 27.7 Å². The molecule has 1 N–H and O–H groups in total. The van der Waals surface area contributed by atoms with Crippen molar-refractivity contribution in [3.05, 3.63) is 74.7 Å². The molecule has 170 valence electrons. The summed E-state index contributed by atoms with van der Waals surface area (Å²) in [6.07, 6.45) is 0. The number of methoxy groups -OCH3 is 1. The number of carbonyl (C=O) groups excluding carboxylic acids is 3. The second kappa shape index (κ2) is 8.32. The molecule has 0 aliphatic carbocycles. The monoisotopic (exact) mass is 466 g/mol. The van der Waals surface area contributed by atoms with E-state index in [1.807, 2.05) is 26.0 Å². The molecule has 2 aromatic heterocycles. The number of ether oxygens (including phenoxy) is 1. The number of furan rings is 1. The van der Waals surface area contributed by atoms with E-state index in [1.54, 1.807) is 32.0 Å². The molecule has 0 radical (unpaired) electrons. The summed E-state index contributed by atoms with van der Waals surface area (Å²) in [5, 5.41) is 11.4. The number of carbonyl (C=O) groups is 3. The Labute approximate surface area is 194 Å². The summed E-state index contributed by atoms with van der Waals surface area (Å²) in [5.41, 5.74) is 2.35. The van der Waals surface area contributed by atoms with Crippen LogP contribution in [-0.2, 0) is 14.3 Å². The zero-order valence-corrected chi connectivity index (χ0v) is 19.6. The smallest absolute Gasteiger partial charge is 0.350 e. The van der Waals surface area contributed by atoms with Crippen LogP contribution in [0.15, 0.2) is 40.3 Å². The summed E-state index contributed by atoms with van der Waals surface area (Å²) >= 11 is 0.937. The van der Waals surface area contributed by atoms with Crippen LogP contribution >= 0.6 is 11.3 Å². The number of hydrogen-bond donors (Lipinski definition) is 1. The first-order chi connectivity index (χ1) is 15.6. The van der Waals surface area contributed by atoms with Gasteiger partial charge in [-0.3, -0.25) is 14.5 Å². The molecule has 1 aromatic carbocycles. The molecule has 3 aromatic rings. The van der Waals surface area contributed by atoms with Gasteiger partial charge in [-0.2, -0.15) is 0 Å². The van der Waals surface area contributed by atoms with E-state index in [1.165, 1.54) is 12.0 Å². The second-order valence-corrected chi connectivity index (χ2v) is 8.82. The van der Waals surface area contributed by atoms with Gasteiger partial charge in [0.1, 0.15) is 28.2 Å². The molecule has 1 amide bonds. The number of amides is 1. The number of aliphatic hydroxyl groups is 1. The van der Waals surface area contributed by atoms with Crippen molar-refractivity contribution in [1.29, 1.82) is 0 Å². The third-order valence-electron chi connectivity index (χ3n) is 5.49. The maximum Gasteiger partial charge on any atom is 0.350 e. The van der Waals surface area contributed by atoms with E-state index in [9.17, 15) is 19.5 Å². The van der Waals surface area contributed by atoms with Crippen LogP contribution < -0.4 is 4.90 Å². The molecular weight excluding hydrogens is 444 g/mol. The summed E-state index contributed by atoms with van der Waals surface area (Å²) in [6.45, 7) is 7.03. The predicted molar refractivity (Wildman–Crippen MR) is 122 cm³/mol. The number of ketones is 1. The lowest BCUT2D eigenvalue weighted by atomic mass is 9.96. The topological polar surface area (TPSA) is 110 Å². The zero-order chi connectivity index (χ0) is 24.0. The summed E-state index contributed by atoms with van der Waals surface area (Å²) in [6, 6.07) is 7.79. The first-order valence-electron chi connectivity index (χ1n) is 10.1. The maximum atomic E-state index is 13.2. The Bertz CT molecular complexity index is 1330. The average Bonchev–Trinajstić information content (AvgIpc) is 3.45. The Hall–Kier alpha value is -3.72. The molecule has 4 rings (SSSR count). The van der Waals surface area contributed by atoms with Gasteiger partial charge in [-0.1, -0.05) is 29.0 Å². The Morgan fingerprint density at radius 1 is 1.15 bits per heavy atom. The summed E-state index contributed by atoms with van der Waals surface area (Å²) < 4.78 is 10.6. The van der Waals surface area contributed by atoms with Crippen LogP contribution in [0.4, 0.5) is 5.13 Å². The zero-order valence-electron chi connectivity index (χ0n) is 18.8. The van der Waals surface area contributed by atoms with Crippen molar-refractivity contribution >= 4 is 39.9 Å². The van der Waals surface area contributed by atoms with E-state index < -0.39 is 23.7 Å². The van der Waals surface area contributed by atoms with Gasteiger partial charge in [0.05, 0.1) is 18.4 Å². The predicted octanol–water partition coefficient (Wildman–Crippen LogP) is 4.38. The number of aliphatic hydroxyl groups excluding tert-OH is 1. The molecule has 1 unspecified atom stereocenters. The van der Waals surface area contributed by atoms with Crippen LogP contribution in [0.2, 0.25) is 0 Å². The standard InChI is InChI=1S/C24H22N2O6S/c1-11-6-7-12(2)15(10-11)19(27)17-18(16-9-8-13(3)32-16)26(22(29)20(17)28)24-25-14(4)21(33-24)23(30)31-5/h6-10,18,27H,1-5H3/b19-17+. The lowest BCUT2D eigenvalue weighted by Gasteiger charge is -2.21. The second-order valence-electron chi connectivity index (χ2n) is 7.84. The molecule has 1 aliphatic rings. The third kappa shape index (κ3) is 3.74. The van der Waals surface area contributed by atoms with Crippen LogP contribution in [0.3, 0.4) is 0 Å². The van der Waals surface area contributed by atoms with Gasteiger partial charge >= 0.3 is 11.9 Å². The fourth-order valence-electron chi connectivity index (χ4n) is 3.80. The van der Waals surface area contributed by atoms with Crippen molar-refractivity contribution < 1.29 is 28.6 Å². The van der Waals surface area contributed by atoms with Gasteiger partial charge in [0, 0.05) is 5.56 Å². The van der Waals surface area contributed by atoms with Gasteiger partial charge in [-0.25, -0.2) is 9.78 Å². The number of Topliss-reactive ketones (excluding diaryl/α,β-unsaturated/α-hetero) is 1. The lowest BCUT2D eigenvalue weighted by Crippen LogP contribution is -2.29. The van der Waals surface area contributed by atoms with Crippen molar-refractivity contribution in [2.75, 3.05) is 12.0 Å². The van der Waals surface area contributed by atoms with Gasteiger partial charge in [0.2, 0.25) is 0 Å². The SMILES string of the molecule is COC(=O)c1sc(N2C(=O)C(=O)/C(=C(/O)c3cc(C)ccc3C)C2c2ccc(C)o2)nc1C. The molecule has 8 nitrogen and oxygen atoms in total. The molecule has 3 heterocycles. The van der Waals surface area contributed by atoms with E-state index >= 15 is 0 Å². The maximum absolute atomic E-state index is 13.2. The minimum atomic E-state index is -1.05. The summed E-state index contributed by atoms with van der Waals surface area (Å²) in [5.74, 6) is -1.74. The molecule has 1 atom stereocenters. The first-order valence-corrected chi connectivity index (χ1v) is 11.0. The van der Waals surface area contributed by atoms with Crippen LogP contribution in [0.5, 0.6) is 0 Å². The normalized spacial score (nSPS) is 17.6. The van der Waals surface area contributed by atoms with Gasteiger partial charge < -0.3 is 14.3 Å². The van der Waals surface area contributed by atoms with Crippen molar-refractivity contribution in [2.24, 2.45) is 0 Å². The van der Waals surface area contributed by atoms with E-state index in [0.717, 1.165) is 22.5 Å². The summed E-state index contributed by atoms with van der Waals surface area (Å²) in [4.78, 5) is 44.2. The highest BCUT2D eigenvalue weighted by Crippen LogP contribution is 2.44. The van der Waals surface area contributed by atoms with E-state index in [4.69, 9.17) is 9.15 Å². The molecule has 33 heavy (non-hydrogen) atoms. The quantitative estimate of drug-likeness (QED) is 0.263. The number of thiazole rings is 1. The largest absolute Gasteiger partial charge is 0.507 e. The number of anilines is 1. The highest BCUT2D eigenvalue weighted by Gasteiger charge is 2.50. The van der Waals surface area contributed by atoms with Crippen molar-refractivity contribution in [3.8, 4) is 0 Å². The first kappa shape index (κ1) is 22.5. The highest BCUT2D eigenvalue weighted by atomic mass is 32.1. The molecule has 1 aliphatic heterocycles. The number of benzene rings is 1. The van der Waals surface area contributed by atoms with Gasteiger partial charge in [0.25, 0.3) is 5.78 Å². The van der Waals surface area contributed by atoms with E-state index in [0.29, 0.717) is 22.8 Å². The van der Waals surface area contributed by atoms with Crippen LogP contribution in [0.1, 0.15) is 49.6 Å². The highest BCUT2D eigenvalue weighted by molar-refractivity contribution is 7.17. The van der Waals surface area contributed by atoms with Crippen molar-refractivity contribution in [2.45, 2.75) is 33.7 Å². The molecule has 0 bridgehead atoms. The molecule has 9 heteroatoms. The fraction of sp³-hybridized carbons (Fsp3) is 0.250. The molecule has 0 spiro atoms. The third-order valence-corrected chi connectivity index (χ3v) is 6.62. The Kier molecular flexibility index (Phi) is 5.67. The number of aromatic nitrogens is 1. The number of nitrogens with zero attached hydrogens (tertiary/aromatic N) is 2. The van der Waals surface area contributed by atoms with Gasteiger partial charge in [-0.15, -0.1) is 0 Å². The number of aryl methyl sites for hydroxylation is 4. The molecule has 1 saturated heterocycles. The number of esters is 1. The summed E-state index contributed by atoms with van der Waals surface area (Å²) in [7, 11) is 1.25. The Morgan fingerprint density at radius 3 is 2.52 bits per heavy atom. The average molecular weight is 467 g/mol. The van der Waals surface area contributed by atoms with E-state index in [2.05, 4.69) is 4.98 Å².